The lowest BCUT2D eigenvalue weighted by molar-refractivity contribution is -0.146. The number of likely N-dealkylation sites (tertiary alicyclic amines) is 1. The molecule has 1 fully saturated rings. The quantitative estimate of drug-likeness (QED) is 0.383. The average Bonchev–Trinajstić information content (AvgIpc) is 3.17. The predicted octanol–water partition coefficient (Wildman–Crippen LogP) is 4.31. The fourth-order valence-corrected chi connectivity index (χ4v) is 7.26. The van der Waals surface area contributed by atoms with E-state index < -0.39 is 51.3 Å². The normalized spacial score (nSPS) is 27.8. The molecule has 1 heterocycles. The van der Waals surface area contributed by atoms with Gasteiger partial charge in [0.25, 0.3) is 0 Å². The molecule has 1 aliphatic heterocycles. The summed E-state index contributed by atoms with van der Waals surface area (Å²) >= 11 is 14.8. The highest BCUT2D eigenvalue weighted by atomic mass is 35.5. The Morgan fingerprint density at radius 2 is 1.30 bits per heavy atom. The molecule has 0 unspecified atom stereocenters. The van der Waals surface area contributed by atoms with Gasteiger partial charge in [-0.3, -0.25) is 19.3 Å². The van der Waals surface area contributed by atoms with Crippen molar-refractivity contribution in [1.82, 2.24) is 4.90 Å². The monoisotopic (exact) mass is 534 g/mol. The molecule has 3 atom stereocenters. The van der Waals surface area contributed by atoms with E-state index in [2.05, 4.69) is 5.32 Å². The van der Waals surface area contributed by atoms with Crippen LogP contribution in [0.25, 0.3) is 0 Å². The zero-order valence-corrected chi connectivity index (χ0v) is 21.0. The van der Waals surface area contributed by atoms with E-state index in [0.717, 1.165) is 4.90 Å². The number of nitrogens with one attached hydrogen (secondary N) is 1. The molecule has 37 heavy (non-hydrogen) atoms. The van der Waals surface area contributed by atoms with E-state index in [0.29, 0.717) is 22.3 Å². The first-order valence-electron chi connectivity index (χ1n) is 11.7. The second-order valence-corrected chi connectivity index (χ2v) is 10.8. The van der Waals surface area contributed by atoms with Crippen molar-refractivity contribution in [1.29, 1.82) is 0 Å². The van der Waals surface area contributed by atoms with Gasteiger partial charge in [0.05, 0.1) is 17.4 Å². The summed E-state index contributed by atoms with van der Waals surface area (Å²) in [6, 6.07) is 19.1. The van der Waals surface area contributed by atoms with Crippen LogP contribution in [-0.2, 0) is 24.1 Å². The number of halogens is 2. The summed E-state index contributed by atoms with van der Waals surface area (Å²) in [6.07, 6.45) is 0. The van der Waals surface area contributed by atoms with Gasteiger partial charge in [0, 0.05) is 5.69 Å². The number of carboxylic acids is 1. The van der Waals surface area contributed by atoms with Crippen molar-refractivity contribution in [3.8, 4) is 0 Å². The van der Waals surface area contributed by atoms with Gasteiger partial charge in [0.2, 0.25) is 17.7 Å². The maximum absolute atomic E-state index is 14.0. The molecule has 9 heteroatoms. The highest BCUT2D eigenvalue weighted by molar-refractivity contribution is 6.36. The number of nitrogens with zero attached hydrogens (tertiary/aromatic N) is 1. The standard InChI is InChI=1S/C28H20Cl2N2O5/c1-14(23(33)31-16-8-6-7-15(13-16)26(36)37)32-24(34)21-22(25(32)35)28(30)18-10-3-2-9-17(18)27(21,29)19-11-4-5-12-20(19)28/h2-14,21-22H,1H3,(H,31,33)(H,36,37)/t14-,21+,22+,27?,28?/m1/s1. The SMILES string of the molecule is C[C@H](C(=O)Nc1cccc(C(=O)O)c1)N1C(=O)[C@@H]2[C@@H](C1=O)C1(Cl)c3ccccc3C2(Cl)c2ccccc21. The Morgan fingerprint density at radius 1 is 0.838 bits per heavy atom. The molecule has 3 aromatic carbocycles. The number of amides is 3. The van der Waals surface area contributed by atoms with Crippen LogP contribution in [-0.4, -0.2) is 39.7 Å². The number of carboxylic acid groups (broad SMARTS) is 1. The molecule has 0 aromatic heterocycles. The molecule has 3 aromatic rings. The number of hydrogen-bond acceptors (Lipinski definition) is 4. The van der Waals surface area contributed by atoms with Crippen LogP contribution in [0.5, 0.6) is 0 Å². The number of benzene rings is 3. The molecule has 2 N–H and O–H groups in total. The molecule has 0 saturated carbocycles. The molecular formula is C28H20Cl2N2O5. The third-order valence-corrected chi connectivity index (χ3v) is 9.05. The Morgan fingerprint density at radius 3 is 1.73 bits per heavy atom. The number of hydrogen-bond donors (Lipinski definition) is 2. The van der Waals surface area contributed by atoms with Crippen molar-refractivity contribution in [2.45, 2.75) is 22.7 Å². The second kappa shape index (κ2) is 7.91. The van der Waals surface area contributed by atoms with Crippen molar-refractivity contribution in [3.63, 3.8) is 0 Å². The molecule has 3 amide bonds. The number of carbonyl (C=O) groups is 4. The molecule has 7 nitrogen and oxygen atoms in total. The maximum atomic E-state index is 14.0. The van der Waals surface area contributed by atoms with Crippen molar-refractivity contribution in [3.05, 3.63) is 101 Å². The van der Waals surface area contributed by atoms with Crippen LogP contribution in [0, 0.1) is 11.8 Å². The topological polar surface area (TPSA) is 104 Å². The molecule has 3 aliphatic carbocycles. The fraction of sp³-hybridized carbons (Fsp3) is 0.214. The molecule has 0 radical (unpaired) electrons. The van der Waals surface area contributed by atoms with Crippen LogP contribution < -0.4 is 5.32 Å². The number of rotatable bonds is 4. The average molecular weight is 535 g/mol. The summed E-state index contributed by atoms with van der Waals surface area (Å²) in [7, 11) is 0. The van der Waals surface area contributed by atoms with Crippen molar-refractivity contribution >= 4 is 52.6 Å². The first-order valence-corrected chi connectivity index (χ1v) is 12.5. The lowest BCUT2D eigenvalue weighted by atomic mass is 9.54. The molecule has 2 bridgehead atoms. The first kappa shape index (κ1) is 23.7. The van der Waals surface area contributed by atoms with E-state index in [9.17, 15) is 24.3 Å². The molecule has 0 spiro atoms. The molecule has 4 aliphatic rings. The van der Waals surface area contributed by atoms with Crippen LogP contribution in [0.15, 0.2) is 72.8 Å². The molecule has 1 saturated heterocycles. The van der Waals surface area contributed by atoms with Crippen molar-refractivity contribution < 1.29 is 24.3 Å². The zero-order chi connectivity index (χ0) is 26.3. The third-order valence-electron chi connectivity index (χ3n) is 7.76. The minimum Gasteiger partial charge on any atom is -0.478 e. The van der Waals surface area contributed by atoms with E-state index in [1.165, 1.54) is 31.2 Å². The highest BCUT2D eigenvalue weighted by Gasteiger charge is 2.73. The lowest BCUT2D eigenvalue weighted by Crippen LogP contribution is -2.57. The first-order chi connectivity index (χ1) is 17.6. The Kier molecular flexibility index (Phi) is 5.07. The van der Waals surface area contributed by atoms with Crippen LogP contribution in [0.3, 0.4) is 0 Å². The third kappa shape index (κ3) is 2.95. The number of aromatic carboxylic acids is 1. The molecular weight excluding hydrogens is 515 g/mol. The minimum absolute atomic E-state index is 0.00920. The van der Waals surface area contributed by atoms with Gasteiger partial charge in [-0.25, -0.2) is 4.79 Å². The van der Waals surface area contributed by atoms with Crippen LogP contribution >= 0.6 is 23.2 Å². The molecule has 186 valence electrons. The zero-order valence-electron chi connectivity index (χ0n) is 19.4. The number of imide groups is 1. The van der Waals surface area contributed by atoms with Crippen molar-refractivity contribution in [2.24, 2.45) is 11.8 Å². The Hall–Kier alpha value is -3.68. The van der Waals surface area contributed by atoms with Gasteiger partial charge in [-0.1, -0.05) is 54.6 Å². The summed E-state index contributed by atoms with van der Waals surface area (Å²) in [5, 5.41) is 11.8. The van der Waals surface area contributed by atoms with E-state index >= 15 is 0 Å². The smallest absolute Gasteiger partial charge is 0.335 e. The largest absolute Gasteiger partial charge is 0.478 e. The lowest BCUT2D eigenvalue weighted by Gasteiger charge is -2.54. The van der Waals surface area contributed by atoms with Gasteiger partial charge in [0.15, 0.2) is 0 Å². The van der Waals surface area contributed by atoms with Gasteiger partial charge in [0.1, 0.15) is 15.8 Å². The van der Waals surface area contributed by atoms with Gasteiger partial charge < -0.3 is 10.4 Å². The summed E-state index contributed by atoms with van der Waals surface area (Å²) < 4.78 is 0. The summed E-state index contributed by atoms with van der Waals surface area (Å²) in [6.45, 7) is 1.45. The van der Waals surface area contributed by atoms with Crippen LogP contribution in [0.2, 0.25) is 0 Å². The van der Waals surface area contributed by atoms with E-state index in [1.807, 2.05) is 48.5 Å². The van der Waals surface area contributed by atoms with Gasteiger partial charge in [-0.15, -0.1) is 23.2 Å². The highest BCUT2D eigenvalue weighted by Crippen LogP contribution is 2.69. The van der Waals surface area contributed by atoms with E-state index in [-0.39, 0.29) is 11.3 Å². The summed E-state index contributed by atoms with van der Waals surface area (Å²) in [5.41, 5.74) is 2.93. The minimum atomic E-state index is -1.33. The van der Waals surface area contributed by atoms with E-state index in [4.69, 9.17) is 23.2 Å². The van der Waals surface area contributed by atoms with Crippen LogP contribution in [0.4, 0.5) is 5.69 Å². The Labute approximate surface area is 222 Å². The number of carbonyl (C=O) groups excluding carboxylic acids is 3. The fourth-order valence-electron chi connectivity index (χ4n) is 6.16. The Bertz CT molecular complexity index is 1410. The molecule has 7 rings (SSSR count). The van der Waals surface area contributed by atoms with Crippen LogP contribution in [0.1, 0.15) is 39.5 Å². The number of alkyl halides is 2. The predicted molar refractivity (Wildman–Crippen MR) is 136 cm³/mol. The number of anilines is 1. The van der Waals surface area contributed by atoms with E-state index in [1.54, 1.807) is 0 Å². The second-order valence-electron chi connectivity index (χ2n) is 9.57. The summed E-state index contributed by atoms with van der Waals surface area (Å²) in [4.78, 5) is 50.7. The Balaban J connectivity index is 1.42. The van der Waals surface area contributed by atoms with Crippen molar-refractivity contribution in [2.75, 3.05) is 5.32 Å². The van der Waals surface area contributed by atoms with Gasteiger partial charge in [-0.2, -0.15) is 0 Å². The maximum Gasteiger partial charge on any atom is 0.335 e. The van der Waals surface area contributed by atoms with Gasteiger partial charge >= 0.3 is 5.97 Å². The summed E-state index contributed by atoms with van der Waals surface area (Å²) in [5.74, 6) is -4.93. The van der Waals surface area contributed by atoms with Gasteiger partial charge in [-0.05, 0) is 47.4 Å².